The number of anilines is 1. The van der Waals surface area contributed by atoms with Crippen molar-refractivity contribution in [3.05, 3.63) is 45.9 Å². The van der Waals surface area contributed by atoms with Gasteiger partial charge in [-0.3, -0.25) is 4.79 Å². The number of nitriles is 1. The van der Waals surface area contributed by atoms with E-state index in [2.05, 4.69) is 10.3 Å². The first-order valence-corrected chi connectivity index (χ1v) is 6.51. The molecule has 2 aromatic rings. The number of para-hydroxylation sites is 1. The highest BCUT2D eigenvalue weighted by atomic mass is 32.1. The molecular formula is C13H12N4OS. The molecule has 1 amide bonds. The van der Waals surface area contributed by atoms with Crippen LogP contribution in [-0.4, -0.2) is 10.9 Å². The van der Waals surface area contributed by atoms with Gasteiger partial charge in [0.05, 0.1) is 17.3 Å². The number of nitrogens with two attached hydrogens (primary N) is 1. The van der Waals surface area contributed by atoms with Gasteiger partial charge in [-0.2, -0.15) is 5.26 Å². The molecular weight excluding hydrogens is 260 g/mol. The van der Waals surface area contributed by atoms with E-state index in [1.165, 1.54) is 11.3 Å². The minimum absolute atomic E-state index is 0.196. The van der Waals surface area contributed by atoms with E-state index in [0.717, 1.165) is 0 Å². The number of amides is 1. The summed E-state index contributed by atoms with van der Waals surface area (Å²) in [6.45, 7) is 1.81. The summed E-state index contributed by atoms with van der Waals surface area (Å²) in [5, 5.41) is 14.0. The van der Waals surface area contributed by atoms with Crippen molar-refractivity contribution in [3.8, 4) is 6.07 Å². The molecule has 6 heteroatoms. The van der Waals surface area contributed by atoms with Gasteiger partial charge in [0.2, 0.25) is 0 Å². The van der Waals surface area contributed by atoms with Crippen LogP contribution in [0.3, 0.4) is 0 Å². The van der Waals surface area contributed by atoms with Gasteiger partial charge in [-0.05, 0) is 19.1 Å². The van der Waals surface area contributed by atoms with Crippen molar-refractivity contribution in [2.75, 3.05) is 5.32 Å². The number of hydrogen-bond donors (Lipinski definition) is 2. The van der Waals surface area contributed by atoms with Crippen molar-refractivity contribution < 1.29 is 4.79 Å². The summed E-state index contributed by atoms with van der Waals surface area (Å²) in [7, 11) is 0. The van der Waals surface area contributed by atoms with Gasteiger partial charge in [-0.15, -0.1) is 11.3 Å². The van der Waals surface area contributed by atoms with Crippen molar-refractivity contribution in [1.29, 1.82) is 5.26 Å². The van der Waals surface area contributed by atoms with Gasteiger partial charge in [-0.1, -0.05) is 12.1 Å². The molecule has 2 rings (SSSR count). The van der Waals surface area contributed by atoms with E-state index < -0.39 is 0 Å². The number of hydrogen-bond acceptors (Lipinski definition) is 5. The van der Waals surface area contributed by atoms with Crippen LogP contribution < -0.4 is 11.1 Å². The lowest BCUT2D eigenvalue weighted by atomic mass is 10.2. The number of rotatable bonds is 3. The van der Waals surface area contributed by atoms with Crippen LogP contribution in [0.2, 0.25) is 0 Å². The Bertz CT molecular complexity index is 642. The number of nitrogens with one attached hydrogen (secondary N) is 1. The fourth-order valence-corrected chi connectivity index (χ4v) is 2.23. The predicted octanol–water partition coefficient (Wildman–Crippen LogP) is 2.29. The Morgan fingerprint density at radius 2 is 2.26 bits per heavy atom. The monoisotopic (exact) mass is 272 g/mol. The fourth-order valence-electron chi connectivity index (χ4n) is 1.48. The average molecular weight is 272 g/mol. The molecule has 0 aliphatic heterocycles. The topological polar surface area (TPSA) is 91.8 Å². The molecule has 0 radical (unpaired) electrons. The van der Waals surface area contributed by atoms with E-state index in [0.29, 0.717) is 22.0 Å². The summed E-state index contributed by atoms with van der Waals surface area (Å²) in [4.78, 5) is 16.2. The fraction of sp³-hybridized carbons (Fsp3) is 0.154. The van der Waals surface area contributed by atoms with E-state index in [4.69, 9.17) is 11.0 Å². The Labute approximate surface area is 114 Å². The molecule has 5 nitrogen and oxygen atoms in total. The van der Waals surface area contributed by atoms with Crippen molar-refractivity contribution >= 4 is 22.9 Å². The Morgan fingerprint density at radius 3 is 2.89 bits per heavy atom. The van der Waals surface area contributed by atoms with E-state index in [-0.39, 0.29) is 11.9 Å². The highest BCUT2D eigenvalue weighted by molar-refractivity contribution is 7.09. The van der Waals surface area contributed by atoms with Crippen LogP contribution >= 0.6 is 11.3 Å². The molecule has 0 saturated heterocycles. The minimum atomic E-state index is -0.342. The van der Waals surface area contributed by atoms with Crippen molar-refractivity contribution in [2.45, 2.75) is 13.0 Å². The average Bonchev–Trinajstić information content (AvgIpc) is 2.89. The Hall–Kier alpha value is -2.23. The number of carbonyl (C=O) groups is 1. The molecule has 1 atom stereocenters. The first kappa shape index (κ1) is 13.2. The van der Waals surface area contributed by atoms with Crippen LogP contribution in [0.1, 0.15) is 34.0 Å². The highest BCUT2D eigenvalue weighted by Gasteiger charge is 2.14. The van der Waals surface area contributed by atoms with Crippen LogP contribution in [0.15, 0.2) is 29.6 Å². The van der Waals surface area contributed by atoms with E-state index in [1.807, 2.05) is 13.0 Å². The molecule has 1 aromatic carbocycles. The Balaban J connectivity index is 2.19. The summed E-state index contributed by atoms with van der Waals surface area (Å²) in [6, 6.07) is 8.64. The second kappa shape index (κ2) is 5.61. The summed E-state index contributed by atoms with van der Waals surface area (Å²) < 4.78 is 0. The molecule has 1 aromatic heterocycles. The van der Waals surface area contributed by atoms with E-state index in [1.54, 1.807) is 29.6 Å². The first-order valence-electron chi connectivity index (χ1n) is 5.63. The maximum Gasteiger partial charge on any atom is 0.275 e. The number of thiazole rings is 1. The van der Waals surface area contributed by atoms with Crippen LogP contribution in [0.5, 0.6) is 0 Å². The van der Waals surface area contributed by atoms with Gasteiger partial charge in [0.25, 0.3) is 5.91 Å². The first-order chi connectivity index (χ1) is 9.11. The van der Waals surface area contributed by atoms with Gasteiger partial charge in [0, 0.05) is 5.38 Å². The normalized spacial score (nSPS) is 11.6. The molecule has 19 heavy (non-hydrogen) atoms. The molecule has 0 bridgehead atoms. The Kier molecular flexibility index (Phi) is 3.90. The van der Waals surface area contributed by atoms with Crippen molar-refractivity contribution in [1.82, 2.24) is 4.98 Å². The van der Waals surface area contributed by atoms with Crippen LogP contribution in [0.4, 0.5) is 5.69 Å². The van der Waals surface area contributed by atoms with Gasteiger partial charge in [0.15, 0.2) is 0 Å². The second-order valence-electron chi connectivity index (χ2n) is 3.97. The van der Waals surface area contributed by atoms with Crippen LogP contribution in [0.25, 0.3) is 0 Å². The van der Waals surface area contributed by atoms with E-state index >= 15 is 0 Å². The van der Waals surface area contributed by atoms with Crippen LogP contribution in [0, 0.1) is 11.3 Å². The van der Waals surface area contributed by atoms with Gasteiger partial charge in [0.1, 0.15) is 16.8 Å². The summed E-state index contributed by atoms with van der Waals surface area (Å²) in [5.41, 5.74) is 6.90. The number of benzene rings is 1. The zero-order valence-electron chi connectivity index (χ0n) is 10.3. The third kappa shape index (κ3) is 2.96. The second-order valence-corrected chi connectivity index (χ2v) is 4.86. The zero-order chi connectivity index (χ0) is 13.8. The predicted molar refractivity (Wildman–Crippen MR) is 73.8 cm³/mol. The molecule has 0 spiro atoms. The maximum absolute atomic E-state index is 12.0. The van der Waals surface area contributed by atoms with Gasteiger partial charge >= 0.3 is 0 Å². The number of carbonyl (C=O) groups excluding carboxylic acids is 1. The van der Waals surface area contributed by atoms with Gasteiger partial charge in [-0.25, -0.2) is 4.98 Å². The molecule has 1 unspecified atom stereocenters. The summed E-state index contributed by atoms with van der Waals surface area (Å²) in [6.07, 6.45) is 0. The molecule has 96 valence electrons. The molecule has 0 aliphatic carbocycles. The SMILES string of the molecule is CC(N)c1nc(C(=O)Nc2ccccc2C#N)cs1. The summed E-state index contributed by atoms with van der Waals surface area (Å²) >= 11 is 1.34. The smallest absolute Gasteiger partial charge is 0.275 e. The summed E-state index contributed by atoms with van der Waals surface area (Å²) in [5.74, 6) is -0.342. The molecule has 0 fully saturated rings. The number of aromatic nitrogens is 1. The molecule has 0 saturated carbocycles. The minimum Gasteiger partial charge on any atom is -0.322 e. The highest BCUT2D eigenvalue weighted by Crippen LogP contribution is 2.18. The maximum atomic E-state index is 12.0. The molecule has 0 aliphatic rings. The van der Waals surface area contributed by atoms with Crippen molar-refractivity contribution in [2.24, 2.45) is 5.73 Å². The number of nitrogens with zero attached hydrogens (tertiary/aromatic N) is 2. The quantitative estimate of drug-likeness (QED) is 0.896. The lowest BCUT2D eigenvalue weighted by molar-refractivity contribution is 0.102. The van der Waals surface area contributed by atoms with E-state index in [9.17, 15) is 4.79 Å². The van der Waals surface area contributed by atoms with Crippen LogP contribution in [-0.2, 0) is 0 Å². The zero-order valence-corrected chi connectivity index (χ0v) is 11.1. The lowest BCUT2D eigenvalue weighted by Crippen LogP contribution is -2.14. The third-order valence-electron chi connectivity index (χ3n) is 2.44. The van der Waals surface area contributed by atoms with Crippen molar-refractivity contribution in [3.63, 3.8) is 0 Å². The lowest BCUT2D eigenvalue weighted by Gasteiger charge is -2.04. The Morgan fingerprint density at radius 1 is 1.53 bits per heavy atom. The largest absolute Gasteiger partial charge is 0.322 e. The standard InChI is InChI=1S/C13H12N4OS/c1-8(15)13-17-11(7-19-13)12(18)16-10-5-3-2-4-9(10)6-14/h2-5,7-8H,15H2,1H3,(H,16,18). The van der Waals surface area contributed by atoms with Gasteiger partial charge < -0.3 is 11.1 Å². The molecule has 1 heterocycles. The molecule has 3 N–H and O–H groups in total. The third-order valence-corrected chi connectivity index (χ3v) is 3.49.